The zero-order valence-corrected chi connectivity index (χ0v) is 14.3. The third-order valence-electron chi connectivity index (χ3n) is 4.93. The molecule has 2 saturated heterocycles. The molecule has 1 spiro atoms. The van der Waals surface area contributed by atoms with E-state index >= 15 is 0 Å². The van der Waals surface area contributed by atoms with Gasteiger partial charge in [-0.3, -0.25) is 0 Å². The lowest BCUT2D eigenvalue weighted by atomic mass is 9.84. The second-order valence-electron chi connectivity index (χ2n) is 7.14. The Bertz CT molecular complexity index is 572. The molecule has 0 unspecified atom stereocenters. The van der Waals surface area contributed by atoms with Crippen LogP contribution in [0, 0.1) is 5.82 Å². The summed E-state index contributed by atoms with van der Waals surface area (Å²) < 4.78 is 24.4. The Balaban J connectivity index is 1.51. The van der Waals surface area contributed by atoms with E-state index in [1.54, 1.807) is 17.0 Å². The number of likely N-dealkylation sites (tertiary alicyclic amines) is 1. The highest BCUT2D eigenvalue weighted by Crippen LogP contribution is 2.31. The number of urea groups is 1. The van der Waals surface area contributed by atoms with Crippen molar-refractivity contribution in [1.29, 1.82) is 0 Å². The average molecular weight is 336 g/mol. The number of amides is 2. The Labute approximate surface area is 142 Å². The highest BCUT2D eigenvalue weighted by atomic mass is 19.1. The maximum absolute atomic E-state index is 13.1. The fourth-order valence-electron chi connectivity index (χ4n) is 3.25. The van der Waals surface area contributed by atoms with E-state index in [9.17, 15) is 9.18 Å². The minimum Gasteiger partial charge on any atom is -0.347 e. The van der Waals surface area contributed by atoms with Crippen LogP contribution in [0.1, 0.15) is 32.3 Å². The molecule has 0 saturated carbocycles. The quantitative estimate of drug-likeness (QED) is 0.923. The van der Waals surface area contributed by atoms with Gasteiger partial charge < -0.3 is 19.7 Å². The van der Waals surface area contributed by atoms with Gasteiger partial charge in [-0.1, -0.05) is 26.0 Å². The standard InChI is InChI=1S/C18H25FN2O3/c1-17(2,14-3-5-15(19)6-4-14)13-20-16(22)21-9-7-18(8-10-21)23-11-12-24-18/h3-6H,7-13H2,1-2H3,(H,20,22). The van der Waals surface area contributed by atoms with Gasteiger partial charge in [-0.2, -0.15) is 0 Å². The fourth-order valence-corrected chi connectivity index (χ4v) is 3.25. The zero-order valence-electron chi connectivity index (χ0n) is 14.3. The summed E-state index contributed by atoms with van der Waals surface area (Å²) in [5, 5.41) is 3.00. The van der Waals surface area contributed by atoms with Gasteiger partial charge in [-0.25, -0.2) is 9.18 Å². The van der Waals surface area contributed by atoms with Gasteiger partial charge >= 0.3 is 6.03 Å². The predicted molar refractivity (Wildman–Crippen MR) is 88.3 cm³/mol. The van der Waals surface area contributed by atoms with Crippen LogP contribution in [0.4, 0.5) is 9.18 Å². The van der Waals surface area contributed by atoms with Crippen LogP contribution in [0.15, 0.2) is 24.3 Å². The van der Waals surface area contributed by atoms with E-state index in [-0.39, 0.29) is 17.3 Å². The van der Waals surface area contributed by atoms with Crippen molar-refractivity contribution in [3.63, 3.8) is 0 Å². The molecule has 0 aliphatic carbocycles. The number of ether oxygens (including phenoxy) is 2. The number of carbonyl (C=O) groups excluding carboxylic acids is 1. The fraction of sp³-hybridized carbons (Fsp3) is 0.611. The van der Waals surface area contributed by atoms with Gasteiger partial charge in [0.25, 0.3) is 0 Å². The molecule has 2 heterocycles. The maximum Gasteiger partial charge on any atom is 0.317 e. The molecule has 1 N–H and O–H groups in total. The van der Waals surface area contributed by atoms with Crippen LogP contribution >= 0.6 is 0 Å². The lowest BCUT2D eigenvalue weighted by molar-refractivity contribution is -0.181. The molecular weight excluding hydrogens is 311 g/mol. The third-order valence-corrected chi connectivity index (χ3v) is 4.93. The smallest absolute Gasteiger partial charge is 0.317 e. The number of rotatable bonds is 3. The summed E-state index contributed by atoms with van der Waals surface area (Å²) in [6.07, 6.45) is 1.42. The molecule has 0 radical (unpaired) electrons. The highest BCUT2D eigenvalue weighted by molar-refractivity contribution is 5.74. The van der Waals surface area contributed by atoms with Gasteiger partial charge in [-0.15, -0.1) is 0 Å². The molecule has 2 amide bonds. The number of benzene rings is 1. The van der Waals surface area contributed by atoms with Crippen LogP contribution in [0.5, 0.6) is 0 Å². The summed E-state index contributed by atoms with van der Waals surface area (Å²) in [6.45, 7) is 7.09. The van der Waals surface area contributed by atoms with E-state index in [1.807, 2.05) is 13.8 Å². The molecule has 5 nitrogen and oxygen atoms in total. The van der Waals surface area contributed by atoms with Crippen molar-refractivity contribution in [2.24, 2.45) is 0 Å². The molecule has 2 aliphatic heterocycles. The van der Waals surface area contributed by atoms with Gasteiger partial charge in [0.1, 0.15) is 5.82 Å². The van der Waals surface area contributed by atoms with Gasteiger partial charge in [0.05, 0.1) is 13.2 Å². The molecule has 1 aromatic carbocycles. The summed E-state index contributed by atoms with van der Waals surface area (Å²) in [7, 11) is 0. The number of nitrogens with zero attached hydrogens (tertiary/aromatic N) is 1. The van der Waals surface area contributed by atoms with Gasteiger partial charge in [0.15, 0.2) is 5.79 Å². The molecule has 0 bridgehead atoms. The van der Waals surface area contributed by atoms with Gasteiger partial charge in [0.2, 0.25) is 0 Å². The Morgan fingerprint density at radius 2 is 1.79 bits per heavy atom. The number of hydrogen-bond acceptors (Lipinski definition) is 3. The van der Waals surface area contributed by atoms with Gasteiger partial charge in [0, 0.05) is 37.9 Å². The van der Waals surface area contributed by atoms with E-state index in [4.69, 9.17) is 9.47 Å². The number of piperidine rings is 1. The first-order valence-corrected chi connectivity index (χ1v) is 8.47. The third kappa shape index (κ3) is 3.70. The van der Waals surface area contributed by atoms with Crippen molar-refractivity contribution in [3.8, 4) is 0 Å². The maximum atomic E-state index is 13.1. The molecule has 2 aliphatic rings. The second kappa shape index (κ2) is 6.69. The minimum absolute atomic E-state index is 0.0713. The molecule has 1 aromatic rings. The normalized spacial score (nSPS) is 20.4. The van der Waals surface area contributed by atoms with E-state index in [0.29, 0.717) is 45.7 Å². The number of hydrogen-bond donors (Lipinski definition) is 1. The Hall–Kier alpha value is -1.66. The van der Waals surface area contributed by atoms with Crippen molar-refractivity contribution >= 4 is 6.03 Å². The first kappa shape index (κ1) is 17.2. The average Bonchev–Trinajstić information content (AvgIpc) is 3.02. The lowest BCUT2D eigenvalue weighted by Gasteiger charge is -2.38. The lowest BCUT2D eigenvalue weighted by Crippen LogP contribution is -2.51. The summed E-state index contributed by atoms with van der Waals surface area (Å²) in [5.41, 5.74) is 0.729. The molecule has 2 fully saturated rings. The predicted octanol–water partition coefficient (Wildman–Crippen LogP) is 2.65. The second-order valence-corrected chi connectivity index (χ2v) is 7.14. The Morgan fingerprint density at radius 3 is 2.38 bits per heavy atom. The van der Waals surface area contributed by atoms with Crippen LogP contribution in [0.3, 0.4) is 0 Å². The molecule has 0 aromatic heterocycles. The summed E-state index contributed by atoms with van der Waals surface area (Å²) >= 11 is 0. The van der Waals surface area contributed by atoms with Crippen LogP contribution in [0.25, 0.3) is 0 Å². The molecule has 3 rings (SSSR count). The molecule has 0 atom stereocenters. The summed E-state index contributed by atoms with van der Waals surface area (Å²) in [5.74, 6) is -0.721. The van der Waals surface area contributed by atoms with E-state index in [2.05, 4.69) is 5.32 Å². The van der Waals surface area contributed by atoms with E-state index in [0.717, 1.165) is 5.56 Å². The Kier molecular flexibility index (Phi) is 4.78. The van der Waals surface area contributed by atoms with Crippen LogP contribution in [-0.2, 0) is 14.9 Å². The van der Waals surface area contributed by atoms with Crippen LogP contribution in [0.2, 0.25) is 0 Å². The SMILES string of the molecule is CC(C)(CNC(=O)N1CCC2(CC1)OCCO2)c1ccc(F)cc1. The topological polar surface area (TPSA) is 50.8 Å². The largest absolute Gasteiger partial charge is 0.347 e. The minimum atomic E-state index is -0.468. The van der Waals surface area contributed by atoms with Crippen molar-refractivity contribution in [2.75, 3.05) is 32.8 Å². The molecule has 24 heavy (non-hydrogen) atoms. The molecule has 132 valence electrons. The van der Waals surface area contributed by atoms with Crippen LogP contribution < -0.4 is 5.32 Å². The number of nitrogens with one attached hydrogen (secondary N) is 1. The van der Waals surface area contributed by atoms with Crippen molar-refractivity contribution < 1.29 is 18.7 Å². The summed E-state index contributed by atoms with van der Waals surface area (Å²) in [4.78, 5) is 14.2. The number of carbonyl (C=O) groups is 1. The molecular formula is C18H25FN2O3. The van der Waals surface area contributed by atoms with E-state index in [1.165, 1.54) is 12.1 Å². The van der Waals surface area contributed by atoms with E-state index < -0.39 is 5.79 Å². The van der Waals surface area contributed by atoms with Crippen molar-refractivity contribution in [2.45, 2.75) is 37.9 Å². The van der Waals surface area contributed by atoms with Crippen LogP contribution in [-0.4, -0.2) is 49.6 Å². The van der Waals surface area contributed by atoms with Gasteiger partial charge in [-0.05, 0) is 17.7 Å². The first-order valence-electron chi connectivity index (χ1n) is 8.47. The highest BCUT2D eigenvalue weighted by Gasteiger charge is 2.40. The zero-order chi connectivity index (χ0) is 17.2. The molecule has 6 heteroatoms. The monoisotopic (exact) mass is 336 g/mol. The van der Waals surface area contributed by atoms with Crippen molar-refractivity contribution in [1.82, 2.24) is 10.2 Å². The first-order chi connectivity index (χ1) is 11.4. The summed E-state index contributed by atoms with van der Waals surface area (Å²) in [6, 6.07) is 6.36. The van der Waals surface area contributed by atoms with Crippen molar-refractivity contribution in [3.05, 3.63) is 35.6 Å². The number of halogens is 1. The Morgan fingerprint density at radius 1 is 1.21 bits per heavy atom.